The first-order valence-electron chi connectivity index (χ1n) is 5.41. The largest absolute Gasteiger partial charge is 0.465 e. The quantitative estimate of drug-likeness (QED) is 0.753. The molecule has 6 heteroatoms. The fraction of sp³-hybridized carbons (Fsp3) is 0.417. The third-order valence-corrected chi connectivity index (χ3v) is 2.18. The lowest BCUT2D eigenvalue weighted by atomic mass is 10.1. The Labute approximate surface area is 104 Å². The number of ether oxygens (including phenoxy) is 2. The van der Waals surface area contributed by atoms with Crippen molar-refractivity contribution < 1.29 is 23.5 Å². The molecule has 0 radical (unpaired) electrons. The van der Waals surface area contributed by atoms with Crippen LogP contribution in [0.25, 0.3) is 0 Å². The van der Waals surface area contributed by atoms with Crippen LogP contribution in [-0.2, 0) is 9.47 Å². The lowest BCUT2D eigenvalue weighted by Crippen LogP contribution is -2.18. The molecule has 0 unspecified atom stereocenters. The zero-order valence-corrected chi connectivity index (χ0v) is 10.4. The van der Waals surface area contributed by atoms with E-state index in [-0.39, 0.29) is 23.5 Å². The third kappa shape index (κ3) is 2.97. The van der Waals surface area contributed by atoms with Gasteiger partial charge in [-0.3, -0.25) is 0 Å². The van der Waals surface area contributed by atoms with Crippen LogP contribution in [0.5, 0.6) is 0 Å². The van der Waals surface area contributed by atoms with Gasteiger partial charge >= 0.3 is 17.6 Å². The first kappa shape index (κ1) is 14.0. The van der Waals surface area contributed by atoms with E-state index in [0.29, 0.717) is 6.42 Å². The van der Waals surface area contributed by atoms with Crippen molar-refractivity contribution in [3.63, 3.8) is 0 Å². The van der Waals surface area contributed by atoms with Crippen LogP contribution in [0.1, 0.15) is 39.8 Å². The Morgan fingerprint density at radius 3 is 2.56 bits per heavy atom. The number of methoxy groups -OCH3 is 1. The van der Waals surface area contributed by atoms with Gasteiger partial charge in [0.25, 0.3) is 0 Å². The number of hydrogen-bond donors (Lipinski definition) is 0. The molecule has 0 N–H and O–H groups in total. The highest BCUT2D eigenvalue weighted by Crippen LogP contribution is 2.14. The minimum Gasteiger partial charge on any atom is -0.465 e. The van der Waals surface area contributed by atoms with E-state index in [2.05, 4.69) is 4.74 Å². The minimum atomic E-state index is -0.750. The van der Waals surface area contributed by atoms with Crippen molar-refractivity contribution in [1.82, 2.24) is 0 Å². The SMILES string of the molecule is CCCOC(=O)c1cc(=O)oc(C)c1C(=O)OC. The molecule has 18 heavy (non-hydrogen) atoms. The molecule has 0 aliphatic rings. The molecule has 0 bridgehead atoms. The van der Waals surface area contributed by atoms with Crippen LogP contribution in [0.15, 0.2) is 15.3 Å². The van der Waals surface area contributed by atoms with E-state index in [1.807, 2.05) is 6.92 Å². The van der Waals surface area contributed by atoms with Crippen molar-refractivity contribution in [3.05, 3.63) is 33.4 Å². The second-order valence-electron chi connectivity index (χ2n) is 3.54. The van der Waals surface area contributed by atoms with Crippen LogP contribution < -0.4 is 5.63 Å². The fourth-order valence-electron chi connectivity index (χ4n) is 1.40. The summed E-state index contributed by atoms with van der Waals surface area (Å²) in [6.45, 7) is 3.45. The average Bonchev–Trinajstić information content (AvgIpc) is 2.34. The van der Waals surface area contributed by atoms with E-state index in [1.165, 1.54) is 14.0 Å². The Hall–Kier alpha value is -2.11. The van der Waals surface area contributed by atoms with E-state index in [0.717, 1.165) is 6.07 Å². The van der Waals surface area contributed by atoms with E-state index in [4.69, 9.17) is 9.15 Å². The first-order chi connectivity index (χ1) is 8.51. The Kier molecular flexibility index (Phi) is 4.65. The van der Waals surface area contributed by atoms with Crippen molar-refractivity contribution in [1.29, 1.82) is 0 Å². The third-order valence-electron chi connectivity index (χ3n) is 2.18. The lowest BCUT2D eigenvalue weighted by Gasteiger charge is -2.08. The molecule has 6 nitrogen and oxygen atoms in total. The summed E-state index contributed by atoms with van der Waals surface area (Å²) in [6, 6.07) is 0.928. The Balaban J connectivity index is 3.27. The van der Waals surface area contributed by atoms with Gasteiger partial charge in [0.2, 0.25) is 0 Å². The van der Waals surface area contributed by atoms with Crippen molar-refractivity contribution in [2.45, 2.75) is 20.3 Å². The summed E-state index contributed by atoms with van der Waals surface area (Å²) in [5.41, 5.74) is -0.939. The van der Waals surface area contributed by atoms with E-state index >= 15 is 0 Å². The Morgan fingerprint density at radius 1 is 1.33 bits per heavy atom. The van der Waals surface area contributed by atoms with Gasteiger partial charge in [-0.05, 0) is 13.3 Å². The fourth-order valence-corrected chi connectivity index (χ4v) is 1.40. The van der Waals surface area contributed by atoms with Crippen molar-refractivity contribution >= 4 is 11.9 Å². The lowest BCUT2D eigenvalue weighted by molar-refractivity contribution is 0.0482. The van der Waals surface area contributed by atoms with Gasteiger partial charge in [-0.2, -0.15) is 0 Å². The molecule has 98 valence electrons. The van der Waals surface area contributed by atoms with Gasteiger partial charge in [0, 0.05) is 6.07 Å². The molecule has 1 heterocycles. The first-order valence-corrected chi connectivity index (χ1v) is 5.41. The Morgan fingerprint density at radius 2 is 2.00 bits per heavy atom. The van der Waals surface area contributed by atoms with Crippen LogP contribution in [0.2, 0.25) is 0 Å². The van der Waals surface area contributed by atoms with E-state index < -0.39 is 17.6 Å². The van der Waals surface area contributed by atoms with Crippen molar-refractivity contribution in [3.8, 4) is 0 Å². The monoisotopic (exact) mass is 254 g/mol. The van der Waals surface area contributed by atoms with Gasteiger partial charge in [-0.15, -0.1) is 0 Å². The van der Waals surface area contributed by atoms with Crippen LogP contribution in [0.3, 0.4) is 0 Å². The van der Waals surface area contributed by atoms with Crippen LogP contribution in [0.4, 0.5) is 0 Å². The molecule has 0 spiro atoms. The smallest absolute Gasteiger partial charge is 0.342 e. The van der Waals surface area contributed by atoms with Crippen LogP contribution in [0, 0.1) is 6.92 Å². The number of esters is 2. The standard InChI is InChI=1S/C12H14O6/c1-4-5-17-11(14)8-6-9(13)18-7(2)10(8)12(15)16-3/h6H,4-5H2,1-3H3. The zero-order valence-electron chi connectivity index (χ0n) is 10.4. The highest BCUT2D eigenvalue weighted by Gasteiger charge is 2.23. The summed E-state index contributed by atoms with van der Waals surface area (Å²) in [5.74, 6) is -1.47. The molecule has 0 fully saturated rings. The number of carbonyl (C=O) groups is 2. The maximum absolute atomic E-state index is 11.7. The van der Waals surface area contributed by atoms with Gasteiger partial charge < -0.3 is 13.9 Å². The highest BCUT2D eigenvalue weighted by atomic mass is 16.5. The maximum Gasteiger partial charge on any atom is 0.342 e. The van der Waals surface area contributed by atoms with Gasteiger partial charge in [0.15, 0.2) is 0 Å². The molecule has 0 amide bonds. The second-order valence-corrected chi connectivity index (χ2v) is 3.54. The predicted octanol–water partition coefficient (Wildman–Crippen LogP) is 1.30. The number of aryl methyl sites for hydroxylation is 1. The highest BCUT2D eigenvalue weighted by molar-refractivity contribution is 6.03. The zero-order chi connectivity index (χ0) is 13.7. The summed E-state index contributed by atoms with van der Waals surface area (Å²) in [4.78, 5) is 34.5. The second kappa shape index (κ2) is 6.00. The molecule has 0 aliphatic carbocycles. The van der Waals surface area contributed by atoms with Gasteiger partial charge in [0.05, 0.1) is 19.3 Å². The maximum atomic E-state index is 11.7. The van der Waals surface area contributed by atoms with Crippen molar-refractivity contribution in [2.24, 2.45) is 0 Å². The summed E-state index contributed by atoms with van der Waals surface area (Å²) in [5, 5.41) is 0. The molecule has 0 aromatic carbocycles. The Bertz CT molecular complexity index is 514. The minimum absolute atomic E-state index is 0.0257. The summed E-state index contributed by atoms with van der Waals surface area (Å²) >= 11 is 0. The molecule has 1 aromatic rings. The molecule has 0 saturated heterocycles. The molecule has 1 rings (SSSR count). The molecule has 0 saturated carbocycles. The number of hydrogen-bond acceptors (Lipinski definition) is 6. The summed E-state index contributed by atoms with van der Waals surface area (Å²) in [7, 11) is 1.17. The van der Waals surface area contributed by atoms with Crippen molar-refractivity contribution in [2.75, 3.05) is 13.7 Å². The van der Waals surface area contributed by atoms with Crippen LogP contribution >= 0.6 is 0 Å². The van der Waals surface area contributed by atoms with Crippen LogP contribution in [-0.4, -0.2) is 25.7 Å². The summed E-state index contributed by atoms with van der Waals surface area (Å²) in [6.07, 6.45) is 0.639. The van der Waals surface area contributed by atoms with Gasteiger partial charge in [-0.25, -0.2) is 14.4 Å². The topological polar surface area (TPSA) is 82.8 Å². The molecule has 1 aromatic heterocycles. The van der Waals surface area contributed by atoms with E-state index in [9.17, 15) is 14.4 Å². The molecule has 0 aliphatic heterocycles. The van der Waals surface area contributed by atoms with Gasteiger partial charge in [0.1, 0.15) is 11.3 Å². The number of rotatable bonds is 4. The molecular weight excluding hydrogens is 240 g/mol. The number of carbonyl (C=O) groups excluding carboxylic acids is 2. The molecular formula is C12H14O6. The van der Waals surface area contributed by atoms with Gasteiger partial charge in [-0.1, -0.05) is 6.92 Å². The van der Waals surface area contributed by atoms with E-state index in [1.54, 1.807) is 0 Å². The average molecular weight is 254 g/mol. The predicted molar refractivity (Wildman–Crippen MR) is 61.6 cm³/mol. The summed E-state index contributed by atoms with van der Waals surface area (Å²) < 4.78 is 14.2. The normalized spacial score (nSPS) is 9.94. The molecule has 0 atom stereocenters.